The standard InChI is InChI=1S/C55H80N2O13/c1-38(15-10-8-11-16-40(3)51(65-6)35-48-17-14-18-50(68-48)53(60)54(61)56-31-12-9-13-32-56)33-41(4)49(59)36-52(66-7)42(5)34-39(2)19-25-45(67-37-58)26-20-43-21-27-46(28-22-43)69-55(62)70-47-29-23-44(24-30-47)57(63)64/h8,10-11,15-16,23-24,29-30,34,37-39,41,43,45-46,48,50-52H,9,12-14,17-22,25-28,31-33,35-36H2,1-7H3/b11-8+,15-10+,40-16+,42-34+. The summed E-state index contributed by atoms with van der Waals surface area (Å²) in [5.74, 6) is 0.135. The number of piperidine rings is 1. The lowest BCUT2D eigenvalue weighted by molar-refractivity contribution is -0.384. The number of nitrogens with zero attached hydrogens (tertiary/aromatic N) is 2. The molecule has 15 heteroatoms. The lowest BCUT2D eigenvalue weighted by Crippen LogP contribution is -2.46. The molecule has 3 fully saturated rings. The first-order valence-electron chi connectivity index (χ1n) is 25.6. The Morgan fingerprint density at radius 1 is 0.829 bits per heavy atom. The normalized spacial score (nSPS) is 22.9. The Kier molecular flexibility index (Phi) is 25.2. The maximum Gasteiger partial charge on any atom is 0.514 e. The lowest BCUT2D eigenvalue weighted by Gasteiger charge is -2.33. The minimum atomic E-state index is -0.830. The monoisotopic (exact) mass is 977 g/mol. The van der Waals surface area contributed by atoms with Gasteiger partial charge in [0.25, 0.3) is 18.1 Å². The molecule has 0 radical (unpaired) electrons. The molecule has 1 aliphatic carbocycles. The van der Waals surface area contributed by atoms with Crippen molar-refractivity contribution >= 4 is 35.8 Å². The highest BCUT2D eigenvalue weighted by Gasteiger charge is 2.35. The summed E-state index contributed by atoms with van der Waals surface area (Å²) in [5.41, 5.74) is 1.94. The molecular weight excluding hydrogens is 897 g/mol. The fraction of sp³-hybridized carbons (Fsp3) is 0.655. The minimum Gasteiger partial charge on any atom is -0.465 e. The molecule has 0 N–H and O–H groups in total. The predicted molar refractivity (Wildman–Crippen MR) is 267 cm³/mol. The van der Waals surface area contributed by atoms with Crippen molar-refractivity contribution in [3.05, 3.63) is 82.0 Å². The van der Waals surface area contributed by atoms with E-state index in [0.29, 0.717) is 70.4 Å². The summed E-state index contributed by atoms with van der Waals surface area (Å²) < 4.78 is 34.0. The third-order valence-electron chi connectivity index (χ3n) is 14.2. The Balaban J connectivity index is 1.13. The van der Waals surface area contributed by atoms with Crippen LogP contribution < -0.4 is 4.74 Å². The highest BCUT2D eigenvalue weighted by Crippen LogP contribution is 2.32. The van der Waals surface area contributed by atoms with Gasteiger partial charge in [-0.2, -0.15) is 0 Å². The Morgan fingerprint density at radius 3 is 2.19 bits per heavy atom. The summed E-state index contributed by atoms with van der Waals surface area (Å²) in [4.78, 5) is 75.0. The van der Waals surface area contributed by atoms with E-state index in [2.05, 4.69) is 26.0 Å². The molecule has 4 rings (SSSR count). The second-order valence-corrected chi connectivity index (χ2v) is 19.8. The number of nitro groups is 1. The number of ether oxygens (including phenoxy) is 6. The zero-order chi connectivity index (χ0) is 51.0. The number of carbonyl (C=O) groups excluding carboxylic acids is 5. The van der Waals surface area contributed by atoms with Crippen molar-refractivity contribution in [3.8, 4) is 5.75 Å². The molecule has 2 aliphatic heterocycles. The Bertz CT molecular complexity index is 1950. The van der Waals surface area contributed by atoms with Gasteiger partial charge < -0.3 is 33.3 Å². The van der Waals surface area contributed by atoms with E-state index in [1.807, 2.05) is 45.1 Å². The molecule has 3 aliphatic rings. The van der Waals surface area contributed by atoms with Crippen molar-refractivity contribution in [3.63, 3.8) is 0 Å². The van der Waals surface area contributed by atoms with Crippen molar-refractivity contribution in [2.75, 3.05) is 27.3 Å². The fourth-order valence-corrected chi connectivity index (χ4v) is 9.88. The third-order valence-corrected chi connectivity index (χ3v) is 14.2. The van der Waals surface area contributed by atoms with Crippen molar-refractivity contribution in [1.82, 2.24) is 4.90 Å². The number of likely N-dealkylation sites (tertiary alicyclic amines) is 1. The first-order valence-corrected chi connectivity index (χ1v) is 25.6. The van der Waals surface area contributed by atoms with E-state index in [1.165, 1.54) is 24.3 Å². The first-order chi connectivity index (χ1) is 33.6. The number of allylic oxidation sites excluding steroid dienone is 6. The van der Waals surface area contributed by atoms with Crippen molar-refractivity contribution in [1.29, 1.82) is 0 Å². The number of carbonyl (C=O) groups is 5. The molecule has 8 unspecified atom stereocenters. The van der Waals surface area contributed by atoms with E-state index in [9.17, 15) is 34.1 Å². The molecule has 8 atom stereocenters. The number of rotatable bonds is 28. The van der Waals surface area contributed by atoms with Gasteiger partial charge in [-0.3, -0.25) is 29.3 Å². The van der Waals surface area contributed by atoms with Crippen LogP contribution in [0.4, 0.5) is 10.5 Å². The Hall–Kier alpha value is -4.99. The fourth-order valence-electron chi connectivity index (χ4n) is 9.88. The largest absolute Gasteiger partial charge is 0.514 e. The molecular formula is C55H80N2O13. The molecule has 0 spiro atoms. The maximum absolute atomic E-state index is 13.4. The topological polar surface area (TPSA) is 187 Å². The van der Waals surface area contributed by atoms with Crippen LogP contribution >= 0.6 is 0 Å². The number of Topliss-reactive ketones (excluding diaryl/α,β-unsaturated/α-hetero) is 2. The summed E-state index contributed by atoms with van der Waals surface area (Å²) in [6.45, 7) is 12.0. The van der Waals surface area contributed by atoms with Crippen LogP contribution in [0.1, 0.15) is 144 Å². The lowest BCUT2D eigenvalue weighted by atomic mass is 9.83. The van der Waals surface area contributed by atoms with Gasteiger partial charge >= 0.3 is 6.16 Å². The van der Waals surface area contributed by atoms with Gasteiger partial charge in [0.2, 0.25) is 5.78 Å². The van der Waals surface area contributed by atoms with Crippen LogP contribution in [-0.4, -0.2) is 104 Å². The number of hydrogen-bond acceptors (Lipinski definition) is 13. The van der Waals surface area contributed by atoms with Gasteiger partial charge in [0.05, 0.1) is 23.2 Å². The highest BCUT2D eigenvalue weighted by molar-refractivity contribution is 6.37. The molecule has 1 saturated carbocycles. The van der Waals surface area contributed by atoms with Crippen LogP contribution in [0.25, 0.3) is 0 Å². The van der Waals surface area contributed by atoms with Gasteiger partial charge in [0.15, 0.2) is 0 Å². The molecule has 1 aromatic rings. The van der Waals surface area contributed by atoms with Gasteiger partial charge in [-0.15, -0.1) is 0 Å². The van der Waals surface area contributed by atoms with Crippen LogP contribution in [0.2, 0.25) is 0 Å². The molecule has 15 nitrogen and oxygen atoms in total. The molecule has 2 heterocycles. The summed E-state index contributed by atoms with van der Waals surface area (Å²) in [6.07, 6.45) is 22.6. The molecule has 70 heavy (non-hydrogen) atoms. The van der Waals surface area contributed by atoms with Crippen LogP contribution in [0.3, 0.4) is 0 Å². The second-order valence-electron chi connectivity index (χ2n) is 19.8. The van der Waals surface area contributed by atoms with Crippen molar-refractivity contribution in [2.24, 2.45) is 23.7 Å². The minimum absolute atomic E-state index is 0.0960. The number of benzene rings is 1. The van der Waals surface area contributed by atoms with E-state index >= 15 is 0 Å². The zero-order valence-electron chi connectivity index (χ0n) is 42.8. The smallest absolute Gasteiger partial charge is 0.465 e. The molecule has 0 aromatic heterocycles. The van der Waals surface area contributed by atoms with Crippen LogP contribution in [-0.2, 0) is 42.9 Å². The van der Waals surface area contributed by atoms with Gasteiger partial charge in [-0.1, -0.05) is 57.2 Å². The number of ketones is 2. The summed E-state index contributed by atoms with van der Waals surface area (Å²) in [5, 5.41) is 10.9. The molecule has 1 aromatic carbocycles. The molecule has 1 amide bonds. The van der Waals surface area contributed by atoms with Gasteiger partial charge in [-0.05, 0) is 151 Å². The SMILES string of the molecule is COC(CC(=O)C(C)CC(C)/C=C/C=C/C=C(\C)C(CC1CCCC(C(=O)C(=O)N2CCCCC2)O1)OC)/C(C)=C/C(C)CCC(CCC1CCC(OC(=O)Oc2ccc([N+](=O)[O-])cc2)CC1)OC=O. The summed E-state index contributed by atoms with van der Waals surface area (Å²) >= 11 is 0. The number of methoxy groups -OCH3 is 2. The number of non-ortho nitro benzene ring substituents is 1. The summed E-state index contributed by atoms with van der Waals surface area (Å²) in [6, 6.07) is 5.25. The Morgan fingerprint density at radius 2 is 1.53 bits per heavy atom. The van der Waals surface area contributed by atoms with E-state index < -0.39 is 28.9 Å². The zero-order valence-corrected chi connectivity index (χ0v) is 42.8. The van der Waals surface area contributed by atoms with E-state index in [4.69, 9.17) is 28.4 Å². The number of hydrogen-bond donors (Lipinski definition) is 0. The van der Waals surface area contributed by atoms with Gasteiger partial charge in [0.1, 0.15) is 29.8 Å². The highest BCUT2D eigenvalue weighted by atomic mass is 16.7. The van der Waals surface area contributed by atoms with Gasteiger partial charge in [0, 0.05) is 58.2 Å². The van der Waals surface area contributed by atoms with E-state index in [0.717, 1.165) is 75.4 Å². The van der Waals surface area contributed by atoms with Crippen molar-refractivity contribution in [2.45, 2.75) is 180 Å². The molecule has 0 bridgehead atoms. The summed E-state index contributed by atoms with van der Waals surface area (Å²) in [7, 11) is 3.31. The van der Waals surface area contributed by atoms with Crippen molar-refractivity contribution < 1.29 is 57.3 Å². The van der Waals surface area contributed by atoms with Crippen LogP contribution in [0.15, 0.2) is 71.9 Å². The van der Waals surface area contributed by atoms with Crippen LogP contribution in [0.5, 0.6) is 5.75 Å². The van der Waals surface area contributed by atoms with Gasteiger partial charge in [-0.25, -0.2) is 4.79 Å². The molecule has 388 valence electrons. The third kappa shape index (κ3) is 20.0. The maximum atomic E-state index is 13.4. The second kappa shape index (κ2) is 30.7. The molecule has 2 saturated heterocycles. The first kappa shape index (κ1) is 57.6. The average Bonchev–Trinajstić information content (AvgIpc) is 3.35. The predicted octanol–water partition coefficient (Wildman–Crippen LogP) is 11.0. The van der Waals surface area contributed by atoms with E-state index in [1.54, 1.807) is 19.1 Å². The van der Waals surface area contributed by atoms with E-state index in [-0.39, 0.29) is 65.5 Å². The Labute approximate surface area is 415 Å². The quantitative estimate of drug-likeness (QED) is 0.0113. The number of nitro benzene ring substituents is 1. The van der Waals surface area contributed by atoms with Crippen LogP contribution in [0, 0.1) is 33.8 Å². The number of amides is 1. The average molecular weight is 977 g/mol.